The zero-order valence-electron chi connectivity index (χ0n) is 8.82. The maximum atomic E-state index is 11.7. The zero-order chi connectivity index (χ0) is 11.7. The van der Waals surface area contributed by atoms with Crippen LogP contribution in [-0.2, 0) is 0 Å². The Hall–Kier alpha value is -0.760. The minimum atomic E-state index is -0.0808. The number of rotatable bonds is 2. The average Bonchev–Trinajstić information content (AvgIpc) is 2.74. The van der Waals surface area contributed by atoms with Crippen molar-refractivity contribution in [3.63, 3.8) is 0 Å². The van der Waals surface area contributed by atoms with Gasteiger partial charge in [-0.05, 0) is 28.5 Å². The summed E-state index contributed by atoms with van der Waals surface area (Å²) in [5.41, 5.74) is 2.48. The van der Waals surface area contributed by atoms with Gasteiger partial charge in [-0.25, -0.2) is 4.98 Å². The molecule has 0 bridgehead atoms. The summed E-state index contributed by atoms with van der Waals surface area (Å²) in [6.07, 6.45) is 1.71. The number of hydrogen-bond donors (Lipinski definition) is 1. The summed E-state index contributed by atoms with van der Waals surface area (Å²) in [6, 6.07) is 0. The number of H-pyrrole nitrogens is 1. The van der Waals surface area contributed by atoms with Crippen molar-refractivity contribution in [2.24, 2.45) is 0 Å². The van der Waals surface area contributed by atoms with Crippen LogP contribution in [0.3, 0.4) is 0 Å². The van der Waals surface area contributed by atoms with Crippen molar-refractivity contribution >= 4 is 33.9 Å². The normalized spacial score (nSPS) is 11.0. The van der Waals surface area contributed by atoms with Gasteiger partial charge in [-0.15, -0.1) is 11.3 Å². The predicted molar refractivity (Wildman–Crippen MR) is 72.8 cm³/mol. The molecule has 2 rings (SSSR count). The van der Waals surface area contributed by atoms with E-state index in [1.807, 2.05) is 36.4 Å². The molecule has 0 aromatic carbocycles. The van der Waals surface area contributed by atoms with Gasteiger partial charge in [-0.2, -0.15) is 0 Å². The van der Waals surface area contributed by atoms with E-state index in [1.165, 1.54) is 11.3 Å². The van der Waals surface area contributed by atoms with Gasteiger partial charge >= 0.3 is 0 Å². The van der Waals surface area contributed by atoms with Gasteiger partial charge in [0, 0.05) is 6.20 Å². The van der Waals surface area contributed by atoms with Crippen molar-refractivity contribution in [3.05, 3.63) is 31.3 Å². The van der Waals surface area contributed by atoms with Crippen molar-refractivity contribution in [1.82, 2.24) is 15.0 Å². The Morgan fingerprint density at radius 3 is 2.81 bits per heavy atom. The van der Waals surface area contributed by atoms with E-state index in [-0.39, 0.29) is 11.5 Å². The number of nitrogens with zero attached hydrogens (tertiary/aromatic N) is 2. The Kier molecular flexibility index (Phi) is 3.38. The molecule has 2 heterocycles. The largest absolute Gasteiger partial charge is 0.305 e. The highest BCUT2D eigenvalue weighted by atomic mass is 127. The number of halogens is 1. The molecule has 0 radical (unpaired) electrons. The van der Waals surface area contributed by atoms with E-state index in [0.29, 0.717) is 9.39 Å². The summed E-state index contributed by atoms with van der Waals surface area (Å²) in [5, 5.41) is 0. The van der Waals surface area contributed by atoms with Crippen LogP contribution in [0.1, 0.15) is 25.5 Å². The van der Waals surface area contributed by atoms with Gasteiger partial charge in [0.15, 0.2) is 5.82 Å². The highest BCUT2D eigenvalue weighted by Gasteiger charge is 2.13. The third kappa shape index (κ3) is 2.17. The first-order valence-electron chi connectivity index (χ1n) is 4.78. The Morgan fingerprint density at radius 2 is 2.25 bits per heavy atom. The molecule has 0 unspecified atom stereocenters. The summed E-state index contributed by atoms with van der Waals surface area (Å²) < 4.78 is 0.667. The molecular formula is C10H10IN3OS. The molecule has 0 saturated carbocycles. The number of nitrogens with one attached hydrogen (secondary N) is 1. The molecule has 84 valence electrons. The third-order valence-corrected chi connectivity index (χ3v) is 3.92. The number of hydrogen-bond acceptors (Lipinski definition) is 4. The van der Waals surface area contributed by atoms with Crippen LogP contribution < -0.4 is 5.56 Å². The van der Waals surface area contributed by atoms with E-state index in [9.17, 15) is 4.79 Å². The summed E-state index contributed by atoms with van der Waals surface area (Å²) in [4.78, 5) is 23.9. The highest BCUT2D eigenvalue weighted by Crippen LogP contribution is 2.22. The maximum absolute atomic E-state index is 11.7. The molecule has 2 aromatic heterocycles. The lowest BCUT2D eigenvalue weighted by atomic mass is 10.1. The first-order chi connectivity index (χ1) is 7.59. The molecule has 16 heavy (non-hydrogen) atoms. The standard InChI is InChI=1S/C10H10IN3OS/c1-5(2)8-7(11)10(15)14-9(13-8)6-3-12-4-16-6/h3-5H,1-2H3,(H,13,14,15). The first kappa shape index (κ1) is 11.7. The third-order valence-electron chi connectivity index (χ3n) is 2.10. The molecular weight excluding hydrogens is 337 g/mol. The van der Waals surface area contributed by atoms with Crippen LogP contribution in [0.5, 0.6) is 0 Å². The molecule has 6 heteroatoms. The van der Waals surface area contributed by atoms with Crippen molar-refractivity contribution in [3.8, 4) is 10.7 Å². The van der Waals surface area contributed by atoms with Gasteiger partial charge in [-0.1, -0.05) is 13.8 Å². The lowest BCUT2D eigenvalue weighted by Gasteiger charge is -2.07. The fraction of sp³-hybridized carbons (Fsp3) is 0.300. The smallest absolute Gasteiger partial charge is 0.264 e. The van der Waals surface area contributed by atoms with Crippen molar-refractivity contribution in [1.29, 1.82) is 0 Å². The summed E-state index contributed by atoms with van der Waals surface area (Å²) in [5.74, 6) is 0.845. The zero-order valence-corrected chi connectivity index (χ0v) is 11.8. The van der Waals surface area contributed by atoms with Crippen LogP contribution >= 0.6 is 33.9 Å². The number of aromatic nitrogens is 3. The molecule has 0 saturated heterocycles. The second-order valence-corrected chi connectivity index (χ2v) is 5.60. The summed E-state index contributed by atoms with van der Waals surface area (Å²) >= 11 is 3.50. The van der Waals surface area contributed by atoms with Crippen LogP contribution in [0, 0.1) is 3.57 Å². The predicted octanol–water partition coefficient (Wildman–Crippen LogP) is 2.62. The minimum Gasteiger partial charge on any atom is -0.305 e. The average molecular weight is 347 g/mol. The fourth-order valence-electron chi connectivity index (χ4n) is 1.31. The Labute approximate surface area is 110 Å². The number of aromatic amines is 1. The Balaban J connectivity index is 2.62. The van der Waals surface area contributed by atoms with E-state index in [0.717, 1.165) is 10.6 Å². The topological polar surface area (TPSA) is 58.6 Å². The second-order valence-electron chi connectivity index (χ2n) is 3.63. The second kappa shape index (κ2) is 4.62. The van der Waals surface area contributed by atoms with Crippen molar-refractivity contribution in [2.75, 3.05) is 0 Å². The molecule has 0 atom stereocenters. The lowest BCUT2D eigenvalue weighted by molar-refractivity contribution is 0.803. The van der Waals surface area contributed by atoms with Gasteiger partial charge in [-0.3, -0.25) is 9.78 Å². The molecule has 0 amide bonds. The molecule has 0 aliphatic carbocycles. The van der Waals surface area contributed by atoms with E-state index in [4.69, 9.17) is 0 Å². The van der Waals surface area contributed by atoms with E-state index >= 15 is 0 Å². The highest BCUT2D eigenvalue weighted by molar-refractivity contribution is 14.1. The van der Waals surface area contributed by atoms with Crippen molar-refractivity contribution < 1.29 is 0 Å². The molecule has 2 aromatic rings. The molecule has 0 aliphatic heterocycles. The SMILES string of the molecule is CC(C)c1nc(-c2cncs2)[nH]c(=O)c1I. The summed E-state index contributed by atoms with van der Waals surface area (Å²) in [7, 11) is 0. The van der Waals surface area contributed by atoms with Gasteiger partial charge < -0.3 is 4.98 Å². The molecule has 4 nitrogen and oxygen atoms in total. The molecule has 0 fully saturated rings. The van der Waals surface area contributed by atoms with Crippen LogP contribution in [0.25, 0.3) is 10.7 Å². The molecule has 0 spiro atoms. The fourth-order valence-corrected chi connectivity index (χ4v) is 2.75. The van der Waals surface area contributed by atoms with Crippen LogP contribution in [-0.4, -0.2) is 15.0 Å². The van der Waals surface area contributed by atoms with E-state index in [1.54, 1.807) is 11.7 Å². The lowest BCUT2D eigenvalue weighted by Crippen LogP contribution is -2.16. The van der Waals surface area contributed by atoms with Gasteiger partial charge in [0.25, 0.3) is 5.56 Å². The van der Waals surface area contributed by atoms with Crippen molar-refractivity contribution in [2.45, 2.75) is 19.8 Å². The van der Waals surface area contributed by atoms with Crippen LogP contribution in [0.15, 0.2) is 16.5 Å². The van der Waals surface area contributed by atoms with Crippen LogP contribution in [0.4, 0.5) is 0 Å². The minimum absolute atomic E-state index is 0.0808. The van der Waals surface area contributed by atoms with Gasteiger partial charge in [0.2, 0.25) is 0 Å². The summed E-state index contributed by atoms with van der Waals surface area (Å²) in [6.45, 7) is 4.06. The van der Waals surface area contributed by atoms with E-state index in [2.05, 4.69) is 15.0 Å². The van der Waals surface area contributed by atoms with Gasteiger partial charge in [0.1, 0.15) is 0 Å². The first-order valence-corrected chi connectivity index (χ1v) is 6.74. The monoisotopic (exact) mass is 347 g/mol. The number of thiazole rings is 1. The Bertz CT molecular complexity index is 548. The van der Waals surface area contributed by atoms with E-state index < -0.39 is 0 Å². The molecule has 1 N–H and O–H groups in total. The van der Waals surface area contributed by atoms with Gasteiger partial charge in [0.05, 0.1) is 19.7 Å². The molecule has 0 aliphatic rings. The van der Waals surface area contributed by atoms with Crippen LogP contribution in [0.2, 0.25) is 0 Å². The Morgan fingerprint density at radius 1 is 1.50 bits per heavy atom. The maximum Gasteiger partial charge on any atom is 0.264 e. The quantitative estimate of drug-likeness (QED) is 0.850.